The number of pyridine rings is 1. The molecule has 1 amide bonds. The van der Waals surface area contributed by atoms with Crippen LogP contribution in [0.15, 0.2) is 29.3 Å². The molecule has 0 atom stereocenters. The minimum absolute atomic E-state index is 0.0383. The normalized spacial score (nSPS) is 12.7. The molecular weight excluding hydrogens is 374 g/mol. The highest BCUT2D eigenvalue weighted by molar-refractivity contribution is 7.99. The van der Waals surface area contributed by atoms with Crippen molar-refractivity contribution in [2.45, 2.75) is 30.8 Å². The number of nitrogens with zero attached hydrogens (tertiary/aromatic N) is 3. The van der Waals surface area contributed by atoms with Crippen molar-refractivity contribution in [1.29, 1.82) is 10.5 Å². The number of hydrogen-bond acceptors (Lipinski definition) is 7. The quantitative estimate of drug-likeness (QED) is 0.618. The van der Waals surface area contributed by atoms with Gasteiger partial charge in [0, 0.05) is 30.0 Å². The molecule has 0 radical (unpaired) electrons. The summed E-state index contributed by atoms with van der Waals surface area (Å²) in [5.74, 6) is 0.688. The third-order valence-corrected chi connectivity index (χ3v) is 5.09. The largest absolute Gasteiger partial charge is 0.396 e. The lowest BCUT2D eigenvalue weighted by atomic mass is 9.96. The van der Waals surface area contributed by atoms with E-state index >= 15 is 0 Å². The number of benzene rings is 1. The molecule has 1 saturated carbocycles. The summed E-state index contributed by atoms with van der Waals surface area (Å²) in [6.45, 7) is 1.39. The van der Waals surface area contributed by atoms with Crippen molar-refractivity contribution in [2.75, 3.05) is 23.0 Å². The van der Waals surface area contributed by atoms with Crippen LogP contribution in [0.4, 0.5) is 11.5 Å². The van der Waals surface area contributed by atoms with Gasteiger partial charge in [0.2, 0.25) is 5.91 Å². The Morgan fingerprint density at radius 2 is 1.93 bits per heavy atom. The first-order valence-corrected chi connectivity index (χ1v) is 9.82. The summed E-state index contributed by atoms with van der Waals surface area (Å²) in [5, 5.41) is 35.2. The standard InChI is InChI=1S/C20H19N5O2S/c1-12(27)23-14-4-2-13(3-5-14)18-16(10-21)19(24-15-6-7-15)25-20(17(18)11-22)28-9-8-26/h2-5,15,26H,6-9H2,1H3,(H,23,27)(H,24,25). The van der Waals surface area contributed by atoms with Crippen LogP contribution in [0.2, 0.25) is 0 Å². The molecule has 0 unspecified atom stereocenters. The van der Waals surface area contributed by atoms with Crippen LogP contribution in [-0.2, 0) is 4.79 Å². The summed E-state index contributed by atoms with van der Waals surface area (Å²) in [6.07, 6.45) is 2.04. The van der Waals surface area contributed by atoms with E-state index in [0.717, 1.165) is 12.8 Å². The molecule has 3 N–H and O–H groups in total. The van der Waals surface area contributed by atoms with E-state index in [1.807, 2.05) is 0 Å². The zero-order chi connectivity index (χ0) is 20.1. The van der Waals surface area contributed by atoms with Gasteiger partial charge in [-0.1, -0.05) is 12.1 Å². The number of aliphatic hydroxyl groups excluding tert-OH is 1. The molecule has 0 spiro atoms. The van der Waals surface area contributed by atoms with Crippen molar-refractivity contribution in [2.24, 2.45) is 0 Å². The third kappa shape index (κ3) is 4.42. The zero-order valence-electron chi connectivity index (χ0n) is 15.3. The summed E-state index contributed by atoms with van der Waals surface area (Å²) in [5.41, 5.74) is 2.47. The molecule has 7 nitrogen and oxygen atoms in total. The van der Waals surface area contributed by atoms with Gasteiger partial charge in [0.1, 0.15) is 28.5 Å². The lowest BCUT2D eigenvalue weighted by molar-refractivity contribution is -0.114. The van der Waals surface area contributed by atoms with E-state index in [2.05, 4.69) is 27.8 Å². The lowest BCUT2D eigenvalue weighted by Crippen LogP contribution is -2.09. The molecule has 0 saturated heterocycles. The Morgan fingerprint density at radius 1 is 1.25 bits per heavy atom. The van der Waals surface area contributed by atoms with Crippen LogP contribution in [0.25, 0.3) is 11.1 Å². The second-order valence-corrected chi connectivity index (χ2v) is 7.45. The van der Waals surface area contributed by atoms with E-state index in [9.17, 15) is 20.4 Å². The summed E-state index contributed by atoms with van der Waals surface area (Å²) in [4.78, 5) is 15.7. The van der Waals surface area contributed by atoms with E-state index in [1.54, 1.807) is 24.3 Å². The topological polar surface area (TPSA) is 122 Å². The Morgan fingerprint density at radius 3 is 2.46 bits per heavy atom. The monoisotopic (exact) mass is 393 g/mol. The Labute approximate surface area is 167 Å². The van der Waals surface area contributed by atoms with Crippen molar-refractivity contribution in [3.63, 3.8) is 0 Å². The number of carbonyl (C=O) groups excluding carboxylic acids is 1. The second-order valence-electron chi connectivity index (χ2n) is 6.36. The molecule has 142 valence electrons. The minimum atomic E-state index is -0.175. The Kier molecular flexibility index (Phi) is 6.15. The smallest absolute Gasteiger partial charge is 0.221 e. The van der Waals surface area contributed by atoms with Gasteiger partial charge in [-0.3, -0.25) is 4.79 Å². The van der Waals surface area contributed by atoms with Crippen LogP contribution in [0.3, 0.4) is 0 Å². The SMILES string of the molecule is CC(=O)Nc1ccc(-c2c(C#N)c(NC3CC3)nc(SCCO)c2C#N)cc1. The van der Waals surface area contributed by atoms with Crippen LogP contribution in [0.1, 0.15) is 30.9 Å². The maximum absolute atomic E-state index is 11.2. The number of nitriles is 2. The summed E-state index contributed by atoms with van der Waals surface area (Å²) < 4.78 is 0. The first kappa shape index (κ1) is 19.7. The molecule has 8 heteroatoms. The van der Waals surface area contributed by atoms with E-state index in [4.69, 9.17) is 0 Å². The molecule has 0 bridgehead atoms. The number of thioether (sulfide) groups is 1. The molecule has 1 heterocycles. The van der Waals surface area contributed by atoms with Gasteiger partial charge in [0.15, 0.2) is 0 Å². The molecule has 0 aliphatic heterocycles. The zero-order valence-corrected chi connectivity index (χ0v) is 16.1. The average molecular weight is 393 g/mol. The number of carbonyl (C=O) groups is 1. The molecular formula is C20H19N5O2S. The summed E-state index contributed by atoms with van der Waals surface area (Å²) in [6, 6.07) is 11.7. The Balaban J connectivity index is 2.14. The first-order chi connectivity index (χ1) is 13.6. The maximum Gasteiger partial charge on any atom is 0.221 e. The van der Waals surface area contributed by atoms with Gasteiger partial charge in [0.25, 0.3) is 0 Å². The lowest BCUT2D eigenvalue weighted by Gasteiger charge is -2.16. The van der Waals surface area contributed by atoms with Crippen molar-refractivity contribution < 1.29 is 9.90 Å². The molecule has 1 aliphatic rings. The number of rotatable bonds is 7. The van der Waals surface area contributed by atoms with Gasteiger partial charge in [0.05, 0.1) is 12.2 Å². The third-order valence-electron chi connectivity index (χ3n) is 4.13. The van der Waals surface area contributed by atoms with Crippen molar-refractivity contribution in [3.05, 3.63) is 35.4 Å². The van der Waals surface area contributed by atoms with Crippen LogP contribution < -0.4 is 10.6 Å². The van der Waals surface area contributed by atoms with Gasteiger partial charge in [-0.2, -0.15) is 10.5 Å². The van der Waals surface area contributed by atoms with Crippen molar-refractivity contribution >= 4 is 29.2 Å². The predicted octanol–water partition coefficient (Wildman–Crippen LogP) is 3.11. The minimum Gasteiger partial charge on any atom is -0.396 e. The van der Waals surface area contributed by atoms with Crippen LogP contribution in [-0.4, -0.2) is 34.4 Å². The van der Waals surface area contributed by atoms with Crippen molar-refractivity contribution in [3.8, 4) is 23.3 Å². The highest BCUT2D eigenvalue weighted by atomic mass is 32.2. The number of anilines is 2. The molecule has 28 heavy (non-hydrogen) atoms. The molecule has 2 aromatic rings. The van der Waals surface area contributed by atoms with Crippen LogP contribution in [0, 0.1) is 22.7 Å². The van der Waals surface area contributed by atoms with Crippen LogP contribution >= 0.6 is 11.8 Å². The van der Waals surface area contributed by atoms with E-state index in [0.29, 0.717) is 50.6 Å². The van der Waals surface area contributed by atoms with Crippen molar-refractivity contribution in [1.82, 2.24) is 4.98 Å². The number of amides is 1. The van der Waals surface area contributed by atoms with Gasteiger partial charge >= 0.3 is 0 Å². The van der Waals surface area contributed by atoms with Gasteiger partial charge in [-0.05, 0) is 30.5 Å². The first-order valence-electron chi connectivity index (χ1n) is 8.83. The summed E-state index contributed by atoms with van der Waals surface area (Å²) in [7, 11) is 0. The van der Waals surface area contributed by atoms with E-state index < -0.39 is 0 Å². The molecule has 1 aromatic heterocycles. The molecule has 1 aliphatic carbocycles. The van der Waals surface area contributed by atoms with Gasteiger partial charge in [-0.15, -0.1) is 11.8 Å². The van der Waals surface area contributed by atoms with Gasteiger partial charge < -0.3 is 15.7 Å². The predicted molar refractivity (Wildman–Crippen MR) is 108 cm³/mol. The molecule has 3 rings (SSSR count). The summed E-state index contributed by atoms with van der Waals surface area (Å²) >= 11 is 1.28. The number of hydrogen-bond donors (Lipinski definition) is 3. The molecule has 1 fully saturated rings. The average Bonchev–Trinajstić information content (AvgIpc) is 3.50. The van der Waals surface area contributed by atoms with E-state index in [-0.39, 0.29) is 12.5 Å². The fourth-order valence-corrected chi connectivity index (χ4v) is 3.49. The van der Waals surface area contributed by atoms with E-state index in [1.165, 1.54) is 18.7 Å². The number of nitrogens with one attached hydrogen (secondary N) is 2. The highest BCUT2D eigenvalue weighted by Crippen LogP contribution is 2.38. The fraction of sp³-hybridized carbons (Fsp3) is 0.300. The maximum atomic E-state index is 11.2. The fourth-order valence-electron chi connectivity index (χ4n) is 2.76. The van der Waals surface area contributed by atoms with Gasteiger partial charge in [-0.25, -0.2) is 4.98 Å². The van der Waals surface area contributed by atoms with Crippen LogP contribution in [0.5, 0.6) is 0 Å². The number of aromatic nitrogens is 1. The Bertz CT molecular complexity index is 972. The Hall–Kier alpha value is -3.07. The molecule has 1 aromatic carbocycles. The highest BCUT2D eigenvalue weighted by Gasteiger charge is 2.27. The second kappa shape index (κ2) is 8.75. The number of aliphatic hydroxyl groups is 1.